The number of amides is 3. The number of carbonyl (C=O) groups excluding carboxylic acids is 3. The van der Waals surface area contributed by atoms with Crippen molar-refractivity contribution < 1.29 is 14.4 Å². The van der Waals surface area contributed by atoms with E-state index in [1.807, 2.05) is 30.3 Å². The fourth-order valence-electron chi connectivity index (χ4n) is 4.34. The highest BCUT2D eigenvalue weighted by Gasteiger charge is 2.33. The third kappa shape index (κ3) is 3.22. The lowest BCUT2D eigenvalue weighted by Gasteiger charge is -2.09. The molecule has 0 saturated carbocycles. The SMILES string of the molecule is CN1C(=O)c2ccc(NC(=O)c3nc(-c4ccccc4)n4c3CCCCC4)cc2C1=O. The Balaban J connectivity index is 1.50. The van der Waals surface area contributed by atoms with E-state index in [1.54, 1.807) is 18.2 Å². The Bertz CT molecular complexity index is 1210. The van der Waals surface area contributed by atoms with Crippen LogP contribution in [0.2, 0.25) is 0 Å². The number of hydrogen-bond donors (Lipinski definition) is 1. The molecule has 1 N–H and O–H groups in total. The Hall–Kier alpha value is -3.74. The second-order valence-corrected chi connectivity index (χ2v) is 7.94. The molecule has 0 fully saturated rings. The van der Waals surface area contributed by atoms with Gasteiger partial charge in [-0.05, 0) is 37.5 Å². The summed E-state index contributed by atoms with van der Waals surface area (Å²) in [5, 5.41) is 2.88. The molecule has 0 aliphatic carbocycles. The molecule has 31 heavy (non-hydrogen) atoms. The van der Waals surface area contributed by atoms with Crippen LogP contribution < -0.4 is 5.32 Å². The third-order valence-corrected chi connectivity index (χ3v) is 5.96. The van der Waals surface area contributed by atoms with Crippen LogP contribution in [0.5, 0.6) is 0 Å². The number of imide groups is 1. The number of hydrogen-bond acceptors (Lipinski definition) is 4. The second-order valence-electron chi connectivity index (χ2n) is 7.94. The number of aromatic nitrogens is 2. The Morgan fingerprint density at radius 3 is 2.55 bits per heavy atom. The molecule has 3 heterocycles. The molecule has 1 aromatic heterocycles. The van der Waals surface area contributed by atoms with Crippen molar-refractivity contribution in [2.75, 3.05) is 12.4 Å². The van der Waals surface area contributed by atoms with Crippen LogP contribution in [0.3, 0.4) is 0 Å². The van der Waals surface area contributed by atoms with Crippen molar-refractivity contribution in [2.24, 2.45) is 0 Å². The van der Waals surface area contributed by atoms with Crippen LogP contribution in [0.15, 0.2) is 48.5 Å². The van der Waals surface area contributed by atoms with Crippen LogP contribution in [0.1, 0.15) is 56.2 Å². The first kappa shape index (κ1) is 19.2. The Labute approximate surface area is 179 Å². The van der Waals surface area contributed by atoms with Gasteiger partial charge >= 0.3 is 0 Å². The van der Waals surface area contributed by atoms with Gasteiger partial charge in [-0.15, -0.1) is 0 Å². The highest BCUT2D eigenvalue weighted by atomic mass is 16.2. The molecule has 156 valence electrons. The van der Waals surface area contributed by atoms with Crippen LogP contribution >= 0.6 is 0 Å². The molecule has 2 aromatic carbocycles. The van der Waals surface area contributed by atoms with Gasteiger partial charge in [-0.25, -0.2) is 4.98 Å². The normalized spacial score (nSPS) is 15.5. The summed E-state index contributed by atoms with van der Waals surface area (Å²) in [5.74, 6) is -0.194. The van der Waals surface area contributed by atoms with Gasteiger partial charge in [-0.2, -0.15) is 0 Å². The van der Waals surface area contributed by atoms with E-state index in [0.717, 1.165) is 54.2 Å². The summed E-state index contributed by atoms with van der Waals surface area (Å²) in [6.45, 7) is 0.835. The number of fused-ring (bicyclic) bond motifs is 2. The number of nitrogens with zero attached hydrogens (tertiary/aromatic N) is 3. The van der Waals surface area contributed by atoms with Crippen LogP contribution in [0.25, 0.3) is 11.4 Å². The van der Waals surface area contributed by atoms with E-state index in [9.17, 15) is 14.4 Å². The summed E-state index contributed by atoms with van der Waals surface area (Å²) in [5.41, 5.74) is 3.47. The van der Waals surface area contributed by atoms with Crippen molar-refractivity contribution in [3.05, 3.63) is 71.0 Å². The molecule has 0 bridgehead atoms. The van der Waals surface area contributed by atoms with E-state index in [1.165, 1.54) is 7.05 Å². The first-order valence-electron chi connectivity index (χ1n) is 10.5. The van der Waals surface area contributed by atoms with Gasteiger partial charge in [-0.1, -0.05) is 36.8 Å². The second kappa shape index (κ2) is 7.50. The highest BCUT2D eigenvalue weighted by molar-refractivity contribution is 6.21. The van der Waals surface area contributed by atoms with Gasteiger partial charge < -0.3 is 9.88 Å². The lowest BCUT2D eigenvalue weighted by atomic mass is 10.1. The molecule has 7 nitrogen and oxygen atoms in total. The fraction of sp³-hybridized carbons (Fsp3) is 0.250. The zero-order chi connectivity index (χ0) is 21.5. The monoisotopic (exact) mass is 414 g/mol. The topological polar surface area (TPSA) is 84.3 Å². The maximum atomic E-state index is 13.2. The van der Waals surface area contributed by atoms with Crippen molar-refractivity contribution in [1.29, 1.82) is 0 Å². The number of rotatable bonds is 3. The molecule has 3 amide bonds. The van der Waals surface area contributed by atoms with E-state index in [0.29, 0.717) is 22.5 Å². The molecule has 0 unspecified atom stereocenters. The smallest absolute Gasteiger partial charge is 0.276 e. The molecule has 2 aliphatic heterocycles. The summed E-state index contributed by atoms with van der Waals surface area (Å²) in [6.07, 6.45) is 3.98. The van der Waals surface area contributed by atoms with Crippen molar-refractivity contribution >= 4 is 23.4 Å². The van der Waals surface area contributed by atoms with Gasteiger partial charge in [0.25, 0.3) is 17.7 Å². The fourth-order valence-corrected chi connectivity index (χ4v) is 4.34. The zero-order valence-electron chi connectivity index (χ0n) is 17.2. The molecule has 0 radical (unpaired) electrons. The molecular formula is C24H22N4O3. The summed E-state index contributed by atoms with van der Waals surface area (Å²) < 4.78 is 2.16. The maximum absolute atomic E-state index is 13.2. The average molecular weight is 414 g/mol. The highest BCUT2D eigenvalue weighted by Crippen LogP contribution is 2.29. The largest absolute Gasteiger partial charge is 0.327 e. The van der Waals surface area contributed by atoms with Crippen LogP contribution in [0.4, 0.5) is 5.69 Å². The van der Waals surface area contributed by atoms with Gasteiger partial charge in [0.1, 0.15) is 11.5 Å². The molecule has 2 aliphatic rings. The number of nitrogens with one attached hydrogen (secondary N) is 1. The standard InChI is InChI=1S/C24H22N4O3/c1-27-23(30)17-12-11-16(14-18(17)24(27)31)25-22(29)20-19-10-6-3-7-13-28(19)21(26-20)15-8-4-2-5-9-15/h2,4-5,8-9,11-12,14H,3,6-7,10,13H2,1H3,(H,25,29). The Morgan fingerprint density at radius 1 is 0.968 bits per heavy atom. The van der Waals surface area contributed by atoms with Crippen molar-refractivity contribution in [1.82, 2.24) is 14.5 Å². The summed E-state index contributed by atoms with van der Waals surface area (Å²) in [7, 11) is 1.45. The van der Waals surface area contributed by atoms with Gasteiger partial charge in [0.15, 0.2) is 0 Å². The zero-order valence-corrected chi connectivity index (χ0v) is 17.2. The minimum atomic E-state index is -0.363. The summed E-state index contributed by atoms with van der Waals surface area (Å²) >= 11 is 0. The molecular weight excluding hydrogens is 392 g/mol. The average Bonchev–Trinajstić information content (AvgIpc) is 3.12. The van der Waals surface area contributed by atoms with Crippen LogP contribution in [-0.2, 0) is 13.0 Å². The summed E-state index contributed by atoms with van der Waals surface area (Å²) in [6, 6.07) is 14.7. The van der Waals surface area contributed by atoms with Crippen molar-refractivity contribution in [2.45, 2.75) is 32.2 Å². The van der Waals surface area contributed by atoms with Crippen molar-refractivity contribution in [3.63, 3.8) is 0 Å². The van der Waals surface area contributed by atoms with Gasteiger partial charge in [0, 0.05) is 24.8 Å². The van der Waals surface area contributed by atoms with Crippen LogP contribution in [0, 0.1) is 0 Å². The summed E-state index contributed by atoms with van der Waals surface area (Å²) in [4.78, 5) is 43.4. The molecule has 0 saturated heterocycles. The van der Waals surface area contributed by atoms with E-state index in [-0.39, 0.29) is 17.7 Å². The lowest BCUT2D eigenvalue weighted by Crippen LogP contribution is -2.24. The van der Waals surface area contributed by atoms with Gasteiger partial charge in [0.05, 0.1) is 16.8 Å². The molecule has 3 aromatic rings. The maximum Gasteiger partial charge on any atom is 0.276 e. The van der Waals surface area contributed by atoms with E-state index >= 15 is 0 Å². The number of imidazole rings is 1. The number of anilines is 1. The lowest BCUT2D eigenvalue weighted by molar-refractivity contribution is 0.0692. The minimum Gasteiger partial charge on any atom is -0.327 e. The third-order valence-electron chi connectivity index (χ3n) is 5.96. The molecule has 7 heteroatoms. The number of benzene rings is 2. The van der Waals surface area contributed by atoms with Gasteiger partial charge in [0.2, 0.25) is 0 Å². The first-order chi connectivity index (χ1) is 15.0. The van der Waals surface area contributed by atoms with Crippen molar-refractivity contribution in [3.8, 4) is 11.4 Å². The molecule has 5 rings (SSSR count). The van der Waals surface area contributed by atoms with Crippen LogP contribution in [-0.4, -0.2) is 39.2 Å². The Morgan fingerprint density at radius 2 is 1.74 bits per heavy atom. The van der Waals surface area contributed by atoms with E-state index < -0.39 is 0 Å². The predicted octanol–water partition coefficient (Wildman–Crippen LogP) is 3.75. The van der Waals surface area contributed by atoms with Gasteiger partial charge in [-0.3, -0.25) is 19.3 Å². The molecule has 0 atom stereocenters. The van der Waals surface area contributed by atoms with E-state index in [2.05, 4.69) is 9.88 Å². The quantitative estimate of drug-likeness (QED) is 0.662. The Kier molecular flexibility index (Phi) is 4.66. The first-order valence-corrected chi connectivity index (χ1v) is 10.5. The molecule has 0 spiro atoms. The van der Waals surface area contributed by atoms with E-state index in [4.69, 9.17) is 4.98 Å². The minimum absolute atomic E-state index is 0.305. The number of carbonyl (C=O) groups is 3. The predicted molar refractivity (Wildman–Crippen MR) is 116 cm³/mol.